The Bertz CT molecular complexity index is 683. The molecule has 1 aromatic carbocycles. The second kappa shape index (κ2) is 8.64. The van der Waals surface area contributed by atoms with Gasteiger partial charge in [0.05, 0.1) is 6.42 Å². The van der Waals surface area contributed by atoms with Crippen molar-refractivity contribution in [3.05, 3.63) is 35.9 Å². The van der Waals surface area contributed by atoms with Crippen LogP contribution in [0.25, 0.3) is 0 Å². The largest absolute Gasteiger partial charge is 0.460 e. The van der Waals surface area contributed by atoms with Crippen LogP contribution >= 0.6 is 0 Å². The summed E-state index contributed by atoms with van der Waals surface area (Å²) in [5.41, 5.74) is 0.780. The Kier molecular flexibility index (Phi) is 6.43. The van der Waals surface area contributed by atoms with E-state index >= 15 is 0 Å². The summed E-state index contributed by atoms with van der Waals surface area (Å²) in [6, 6.07) is 10.5. The smallest absolute Gasteiger partial charge is 0.306 e. The summed E-state index contributed by atoms with van der Waals surface area (Å²) < 4.78 is 5.58. The van der Waals surface area contributed by atoms with Gasteiger partial charge >= 0.3 is 5.97 Å². The van der Waals surface area contributed by atoms with Crippen LogP contribution in [0.4, 0.5) is 0 Å². The lowest BCUT2D eigenvalue weighted by Gasteiger charge is -2.38. The standard InChI is InChI=1S/C23H34N2O3/c1-17-10-11-21(26)25(13-17)20-16-24(14-18-8-6-5-7-9-18)15-19(20)12-22(27)28-23(2,3)4/h5-9,17,19-20H,10-16H2,1-4H3/t17?,19-,20-/m0/s1. The lowest BCUT2D eigenvalue weighted by atomic mass is 9.93. The number of amides is 1. The first kappa shape index (κ1) is 20.8. The van der Waals surface area contributed by atoms with Crippen LogP contribution < -0.4 is 0 Å². The lowest BCUT2D eigenvalue weighted by Crippen LogP contribution is -2.49. The monoisotopic (exact) mass is 386 g/mol. The van der Waals surface area contributed by atoms with Crippen LogP contribution in [0.3, 0.4) is 0 Å². The Hall–Kier alpha value is -1.88. The first-order chi connectivity index (χ1) is 13.2. The number of likely N-dealkylation sites (tertiary alicyclic amines) is 2. The number of nitrogens with zero attached hydrogens (tertiary/aromatic N) is 2. The number of hydrogen-bond acceptors (Lipinski definition) is 4. The molecule has 2 aliphatic heterocycles. The highest BCUT2D eigenvalue weighted by Crippen LogP contribution is 2.31. The van der Waals surface area contributed by atoms with Crippen LogP contribution in [0.5, 0.6) is 0 Å². The van der Waals surface area contributed by atoms with Gasteiger partial charge in [0.1, 0.15) is 5.60 Å². The van der Waals surface area contributed by atoms with Crippen molar-refractivity contribution < 1.29 is 14.3 Å². The van der Waals surface area contributed by atoms with Crippen LogP contribution in [0.2, 0.25) is 0 Å². The molecule has 0 saturated carbocycles. The Morgan fingerprint density at radius 1 is 1.14 bits per heavy atom. The van der Waals surface area contributed by atoms with E-state index in [9.17, 15) is 9.59 Å². The van der Waals surface area contributed by atoms with Gasteiger partial charge in [-0.2, -0.15) is 0 Å². The van der Waals surface area contributed by atoms with E-state index in [4.69, 9.17) is 4.74 Å². The van der Waals surface area contributed by atoms with Gasteiger partial charge in [-0.05, 0) is 38.7 Å². The minimum absolute atomic E-state index is 0.0893. The Morgan fingerprint density at radius 3 is 2.54 bits per heavy atom. The number of esters is 1. The average Bonchev–Trinajstić information content (AvgIpc) is 2.98. The summed E-state index contributed by atoms with van der Waals surface area (Å²) in [7, 11) is 0. The van der Waals surface area contributed by atoms with E-state index in [-0.39, 0.29) is 23.8 Å². The van der Waals surface area contributed by atoms with E-state index < -0.39 is 5.60 Å². The molecule has 3 rings (SSSR count). The maximum absolute atomic E-state index is 12.6. The van der Waals surface area contributed by atoms with Crippen LogP contribution in [0, 0.1) is 11.8 Å². The summed E-state index contributed by atoms with van der Waals surface area (Å²) in [4.78, 5) is 29.6. The topological polar surface area (TPSA) is 49.9 Å². The van der Waals surface area contributed by atoms with Crippen LogP contribution in [-0.4, -0.2) is 53.0 Å². The third kappa shape index (κ3) is 5.57. The zero-order chi connectivity index (χ0) is 20.3. The zero-order valence-electron chi connectivity index (χ0n) is 17.7. The minimum Gasteiger partial charge on any atom is -0.460 e. The molecule has 3 atom stereocenters. The highest BCUT2D eigenvalue weighted by atomic mass is 16.6. The summed E-state index contributed by atoms with van der Waals surface area (Å²) >= 11 is 0. The molecule has 1 aromatic rings. The molecule has 1 unspecified atom stereocenters. The normalized spacial score (nSPS) is 26.5. The van der Waals surface area contributed by atoms with E-state index in [2.05, 4.69) is 36.1 Å². The second-order valence-corrected chi connectivity index (χ2v) is 9.49. The predicted molar refractivity (Wildman–Crippen MR) is 110 cm³/mol. The van der Waals surface area contributed by atoms with Gasteiger partial charge < -0.3 is 9.64 Å². The molecular formula is C23H34N2O3. The highest BCUT2D eigenvalue weighted by Gasteiger charge is 2.41. The maximum atomic E-state index is 12.6. The molecule has 5 heteroatoms. The van der Waals surface area contributed by atoms with Gasteiger partial charge in [-0.15, -0.1) is 0 Å². The number of carbonyl (C=O) groups is 2. The number of rotatable bonds is 5. The van der Waals surface area contributed by atoms with Crippen molar-refractivity contribution in [2.45, 2.75) is 65.1 Å². The first-order valence-electron chi connectivity index (χ1n) is 10.5. The molecule has 0 aromatic heterocycles. The second-order valence-electron chi connectivity index (χ2n) is 9.49. The molecule has 5 nitrogen and oxygen atoms in total. The molecule has 0 bridgehead atoms. The lowest BCUT2D eigenvalue weighted by molar-refractivity contribution is -0.157. The van der Waals surface area contributed by atoms with E-state index in [1.54, 1.807) is 0 Å². The molecule has 0 N–H and O–H groups in total. The zero-order valence-corrected chi connectivity index (χ0v) is 17.7. The molecule has 2 fully saturated rings. The fourth-order valence-electron chi connectivity index (χ4n) is 4.43. The number of benzene rings is 1. The summed E-state index contributed by atoms with van der Waals surface area (Å²) in [6.45, 7) is 11.2. The van der Waals surface area contributed by atoms with Crippen molar-refractivity contribution >= 4 is 11.9 Å². The van der Waals surface area contributed by atoms with Crippen molar-refractivity contribution in [1.29, 1.82) is 0 Å². The third-order valence-electron chi connectivity index (χ3n) is 5.66. The summed E-state index contributed by atoms with van der Waals surface area (Å²) in [5.74, 6) is 0.705. The molecule has 0 spiro atoms. The van der Waals surface area contributed by atoms with Gasteiger partial charge in [0.2, 0.25) is 5.91 Å². The van der Waals surface area contributed by atoms with Crippen molar-refractivity contribution in [3.8, 4) is 0 Å². The Balaban J connectivity index is 1.72. The molecule has 28 heavy (non-hydrogen) atoms. The van der Waals surface area contributed by atoms with Gasteiger partial charge in [0.15, 0.2) is 0 Å². The van der Waals surface area contributed by atoms with E-state index in [0.29, 0.717) is 18.8 Å². The third-order valence-corrected chi connectivity index (χ3v) is 5.66. The van der Waals surface area contributed by atoms with Gasteiger partial charge in [-0.25, -0.2) is 0 Å². The predicted octanol–water partition coefficient (Wildman–Crippen LogP) is 3.48. The van der Waals surface area contributed by atoms with Gasteiger partial charge in [-0.1, -0.05) is 37.3 Å². The van der Waals surface area contributed by atoms with Crippen LogP contribution in [-0.2, 0) is 20.9 Å². The number of piperidine rings is 1. The Morgan fingerprint density at radius 2 is 1.86 bits per heavy atom. The van der Waals surface area contributed by atoms with Crippen molar-refractivity contribution in [2.75, 3.05) is 19.6 Å². The van der Waals surface area contributed by atoms with Gasteiger partial charge in [0.25, 0.3) is 0 Å². The number of carbonyl (C=O) groups excluding carboxylic acids is 2. The maximum Gasteiger partial charge on any atom is 0.306 e. The minimum atomic E-state index is -0.482. The molecule has 0 aliphatic carbocycles. The quantitative estimate of drug-likeness (QED) is 0.727. The molecule has 1 amide bonds. The molecule has 2 heterocycles. The SMILES string of the molecule is CC1CCC(=O)N([C@H]2CN(Cc3ccccc3)C[C@@H]2CC(=O)OC(C)(C)C)C1. The van der Waals surface area contributed by atoms with E-state index in [1.807, 2.05) is 31.7 Å². The number of hydrogen-bond donors (Lipinski definition) is 0. The van der Waals surface area contributed by atoms with Gasteiger partial charge in [-0.3, -0.25) is 14.5 Å². The fourth-order valence-corrected chi connectivity index (χ4v) is 4.43. The first-order valence-corrected chi connectivity index (χ1v) is 10.5. The molecule has 0 radical (unpaired) electrons. The molecule has 154 valence electrons. The molecule has 2 saturated heterocycles. The average molecular weight is 387 g/mol. The summed E-state index contributed by atoms with van der Waals surface area (Å²) in [5, 5.41) is 0. The molecular weight excluding hydrogens is 352 g/mol. The molecule has 2 aliphatic rings. The van der Waals surface area contributed by atoms with Crippen LogP contribution in [0.15, 0.2) is 30.3 Å². The summed E-state index contributed by atoms with van der Waals surface area (Å²) in [6.07, 6.45) is 1.95. The van der Waals surface area contributed by atoms with Crippen molar-refractivity contribution in [3.63, 3.8) is 0 Å². The van der Waals surface area contributed by atoms with Crippen molar-refractivity contribution in [1.82, 2.24) is 9.80 Å². The van der Waals surface area contributed by atoms with E-state index in [1.165, 1.54) is 5.56 Å². The van der Waals surface area contributed by atoms with Crippen LogP contribution in [0.1, 0.15) is 52.5 Å². The van der Waals surface area contributed by atoms with E-state index in [0.717, 1.165) is 32.6 Å². The van der Waals surface area contributed by atoms with Crippen molar-refractivity contribution in [2.24, 2.45) is 11.8 Å². The highest BCUT2D eigenvalue weighted by molar-refractivity contribution is 5.77. The number of ether oxygens (including phenoxy) is 1. The van der Waals surface area contributed by atoms with Gasteiger partial charge in [0, 0.05) is 44.6 Å². The Labute approximate surface area is 169 Å². The fraction of sp³-hybridized carbons (Fsp3) is 0.652.